The minimum Gasteiger partial charge on any atom is -0.478 e. The van der Waals surface area contributed by atoms with Crippen LogP contribution in [0.3, 0.4) is 0 Å². The molecule has 0 aliphatic carbocycles. The van der Waals surface area contributed by atoms with E-state index in [1.54, 1.807) is 6.08 Å². The van der Waals surface area contributed by atoms with Gasteiger partial charge in [-0.2, -0.15) is 0 Å². The number of aliphatic carboxylic acids is 1. The van der Waals surface area contributed by atoms with Crippen molar-refractivity contribution in [1.82, 2.24) is 5.32 Å². The van der Waals surface area contributed by atoms with E-state index < -0.39 is 5.97 Å². The molecule has 0 bridgehead atoms. The molecule has 2 N–H and O–H groups in total. The lowest BCUT2D eigenvalue weighted by atomic mass is 10.2. The topological polar surface area (TPSA) is 66.4 Å². The molecule has 0 aromatic carbocycles. The summed E-state index contributed by atoms with van der Waals surface area (Å²) in [5.41, 5.74) is 0. The van der Waals surface area contributed by atoms with Crippen LogP contribution in [0.4, 0.5) is 0 Å². The molecule has 0 spiro atoms. The first-order valence-electron chi connectivity index (χ1n) is 5.26. The standard InChI is InChI=1S/C12H15NO3S/c1-8(2)12(16)13-7-10-4-3-9(17-10)5-6-11(14)15/h3-6,8H,7H2,1-2H3,(H,13,16)(H,14,15). The molecule has 0 unspecified atom stereocenters. The predicted molar refractivity (Wildman–Crippen MR) is 67.7 cm³/mol. The summed E-state index contributed by atoms with van der Waals surface area (Å²) < 4.78 is 0. The van der Waals surface area contributed by atoms with Crippen molar-refractivity contribution in [3.8, 4) is 0 Å². The average molecular weight is 253 g/mol. The zero-order chi connectivity index (χ0) is 12.8. The number of carbonyl (C=O) groups excluding carboxylic acids is 1. The fourth-order valence-electron chi connectivity index (χ4n) is 1.11. The van der Waals surface area contributed by atoms with Crippen molar-refractivity contribution in [1.29, 1.82) is 0 Å². The second kappa shape index (κ2) is 6.20. The number of carboxylic acid groups (broad SMARTS) is 1. The van der Waals surface area contributed by atoms with Crippen LogP contribution < -0.4 is 5.32 Å². The summed E-state index contributed by atoms with van der Waals surface area (Å²) in [6.07, 6.45) is 2.64. The monoisotopic (exact) mass is 253 g/mol. The molecule has 1 amide bonds. The largest absolute Gasteiger partial charge is 0.478 e. The number of nitrogens with one attached hydrogen (secondary N) is 1. The van der Waals surface area contributed by atoms with E-state index in [1.807, 2.05) is 26.0 Å². The van der Waals surface area contributed by atoms with E-state index >= 15 is 0 Å². The quantitative estimate of drug-likeness (QED) is 0.790. The van der Waals surface area contributed by atoms with Gasteiger partial charge in [0.2, 0.25) is 5.91 Å². The molecule has 1 heterocycles. The van der Waals surface area contributed by atoms with E-state index in [0.29, 0.717) is 6.54 Å². The molecule has 0 saturated carbocycles. The van der Waals surface area contributed by atoms with Crippen LogP contribution in [-0.4, -0.2) is 17.0 Å². The summed E-state index contributed by atoms with van der Waals surface area (Å²) in [5.74, 6) is -0.976. The fourth-order valence-corrected chi connectivity index (χ4v) is 1.97. The first-order chi connectivity index (χ1) is 7.99. The van der Waals surface area contributed by atoms with Gasteiger partial charge in [-0.3, -0.25) is 4.79 Å². The molecule has 0 radical (unpaired) electrons. The van der Waals surface area contributed by atoms with E-state index in [0.717, 1.165) is 15.8 Å². The summed E-state index contributed by atoms with van der Waals surface area (Å²) in [6.45, 7) is 4.16. The van der Waals surface area contributed by atoms with Gasteiger partial charge in [-0.15, -0.1) is 11.3 Å². The SMILES string of the molecule is CC(C)C(=O)NCc1ccc(C=CC(=O)O)s1. The van der Waals surface area contributed by atoms with Crippen molar-refractivity contribution < 1.29 is 14.7 Å². The third-order valence-corrected chi connectivity index (χ3v) is 3.08. The molecule has 17 heavy (non-hydrogen) atoms. The van der Waals surface area contributed by atoms with Gasteiger partial charge in [-0.05, 0) is 18.2 Å². The van der Waals surface area contributed by atoms with Crippen LogP contribution in [0.5, 0.6) is 0 Å². The molecule has 1 aromatic heterocycles. The van der Waals surface area contributed by atoms with Gasteiger partial charge in [0.05, 0.1) is 6.54 Å². The molecule has 0 aliphatic heterocycles. The van der Waals surface area contributed by atoms with Crippen LogP contribution >= 0.6 is 11.3 Å². The number of thiophene rings is 1. The van der Waals surface area contributed by atoms with Gasteiger partial charge in [0.1, 0.15) is 0 Å². The molecule has 0 atom stereocenters. The Morgan fingerprint density at radius 1 is 1.47 bits per heavy atom. The highest BCUT2D eigenvalue weighted by Gasteiger charge is 2.06. The molecule has 1 rings (SSSR count). The third kappa shape index (κ3) is 4.82. The summed E-state index contributed by atoms with van der Waals surface area (Å²) in [6, 6.07) is 3.72. The summed E-state index contributed by atoms with van der Waals surface area (Å²) >= 11 is 1.46. The lowest BCUT2D eigenvalue weighted by Gasteiger charge is -2.05. The number of amides is 1. The normalized spacial score (nSPS) is 11.0. The highest BCUT2D eigenvalue weighted by molar-refractivity contribution is 7.12. The van der Waals surface area contributed by atoms with Gasteiger partial charge in [0.15, 0.2) is 0 Å². The zero-order valence-corrected chi connectivity index (χ0v) is 10.6. The van der Waals surface area contributed by atoms with E-state index in [1.165, 1.54) is 11.3 Å². The summed E-state index contributed by atoms with van der Waals surface area (Å²) in [7, 11) is 0. The first-order valence-corrected chi connectivity index (χ1v) is 6.08. The Bertz CT molecular complexity index is 435. The molecule has 0 fully saturated rings. The predicted octanol–water partition coefficient (Wildman–Crippen LogP) is 2.12. The molecule has 0 saturated heterocycles. The van der Waals surface area contributed by atoms with Crippen molar-refractivity contribution in [3.63, 3.8) is 0 Å². The maximum atomic E-state index is 11.3. The molecule has 0 aliphatic rings. The molecule has 1 aromatic rings. The summed E-state index contributed by atoms with van der Waals surface area (Å²) in [4.78, 5) is 23.5. The van der Waals surface area contributed by atoms with Gasteiger partial charge >= 0.3 is 5.97 Å². The summed E-state index contributed by atoms with van der Waals surface area (Å²) in [5, 5.41) is 11.3. The Morgan fingerprint density at radius 3 is 2.76 bits per heavy atom. The lowest BCUT2D eigenvalue weighted by molar-refractivity contribution is -0.131. The molecular weight excluding hydrogens is 238 g/mol. The smallest absolute Gasteiger partial charge is 0.328 e. The second-order valence-corrected chi connectivity index (χ2v) is 5.05. The Hall–Kier alpha value is -1.62. The van der Waals surface area contributed by atoms with E-state index in [2.05, 4.69) is 5.32 Å². The number of carboxylic acids is 1. The van der Waals surface area contributed by atoms with Gasteiger partial charge in [0.25, 0.3) is 0 Å². The van der Waals surface area contributed by atoms with Crippen molar-refractivity contribution >= 4 is 29.3 Å². The Morgan fingerprint density at radius 2 is 2.18 bits per heavy atom. The van der Waals surface area contributed by atoms with Crippen molar-refractivity contribution in [2.45, 2.75) is 20.4 Å². The Labute approximate surface area is 104 Å². The van der Waals surface area contributed by atoms with Crippen LogP contribution in [0.1, 0.15) is 23.6 Å². The minimum absolute atomic E-state index is 0.0148. The van der Waals surface area contributed by atoms with Crippen LogP contribution in [0.2, 0.25) is 0 Å². The molecule has 4 nitrogen and oxygen atoms in total. The zero-order valence-electron chi connectivity index (χ0n) is 9.77. The van der Waals surface area contributed by atoms with E-state index in [4.69, 9.17) is 5.11 Å². The second-order valence-electron chi connectivity index (χ2n) is 3.85. The van der Waals surface area contributed by atoms with Gasteiger partial charge < -0.3 is 10.4 Å². The lowest BCUT2D eigenvalue weighted by Crippen LogP contribution is -2.26. The number of rotatable bonds is 5. The molecule has 5 heteroatoms. The highest BCUT2D eigenvalue weighted by Crippen LogP contribution is 2.17. The molecule has 92 valence electrons. The van der Waals surface area contributed by atoms with Gasteiger partial charge in [0, 0.05) is 21.7 Å². The number of hydrogen-bond donors (Lipinski definition) is 2. The van der Waals surface area contributed by atoms with Gasteiger partial charge in [-0.1, -0.05) is 13.8 Å². The number of hydrogen-bond acceptors (Lipinski definition) is 3. The maximum absolute atomic E-state index is 11.3. The maximum Gasteiger partial charge on any atom is 0.328 e. The number of carbonyl (C=O) groups is 2. The minimum atomic E-state index is -0.965. The van der Waals surface area contributed by atoms with Crippen LogP contribution in [0.25, 0.3) is 6.08 Å². The van der Waals surface area contributed by atoms with Crippen LogP contribution in [0, 0.1) is 5.92 Å². The van der Waals surface area contributed by atoms with E-state index in [9.17, 15) is 9.59 Å². The van der Waals surface area contributed by atoms with E-state index in [-0.39, 0.29) is 11.8 Å². The fraction of sp³-hybridized carbons (Fsp3) is 0.333. The molecular formula is C12H15NO3S. The highest BCUT2D eigenvalue weighted by atomic mass is 32.1. The Balaban J connectivity index is 2.51. The third-order valence-electron chi connectivity index (χ3n) is 2.03. The van der Waals surface area contributed by atoms with Crippen LogP contribution in [0.15, 0.2) is 18.2 Å². The van der Waals surface area contributed by atoms with Crippen LogP contribution in [-0.2, 0) is 16.1 Å². The Kier molecular flexibility index (Phi) is 4.90. The average Bonchev–Trinajstić information content (AvgIpc) is 2.70. The first kappa shape index (κ1) is 13.4. The van der Waals surface area contributed by atoms with Crippen molar-refractivity contribution in [3.05, 3.63) is 28.0 Å². The van der Waals surface area contributed by atoms with Gasteiger partial charge in [-0.25, -0.2) is 4.79 Å². The van der Waals surface area contributed by atoms with Crippen molar-refractivity contribution in [2.24, 2.45) is 5.92 Å². The van der Waals surface area contributed by atoms with Crippen molar-refractivity contribution in [2.75, 3.05) is 0 Å².